The van der Waals surface area contributed by atoms with Crippen LogP contribution < -0.4 is 0 Å². The zero-order chi connectivity index (χ0) is 14.8. The smallest absolute Gasteiger partial charge is 0.179 e. The van der Waals surface area contributed by atoms with Crippen LogP contribution in [-0.2, 0) is 6.54 Å². The SMILES string of the molecule is CC(C)=C[C@H]1[C@@H](CN(C#N)Cc2ccccc2)C1(C)C. The molecule has 2 heteroatoms. The Hall–Kier alpha value is -1.75. The Labute approximate surface area is 122 Å². The van der Waals surface area contributed by atoms with Crippen molar-refractivity contribution in [3.8, 4) is 6.19 Å². The number of allylic oxidation sites excluding steroid dienone is 2. The minimum atomic E-state index is 0.322. The fraction of sp³-hybridized carbons (Fsp3) is 0.500. The molecule has 0 aliphatic heterocycles. The molecule has 1 aromatic carbocycles. The molecule has 20 heavy (non-hydrogen) atoms. The molecule has 106 valence electrons. The van der Waals surface area contributed by atoms with Gasteiger partial charge in [0.2, 0.25) is 0 Å². The molecule has 2 nitrogen and oxygen atoms in total. The van der Waals surface area contributed by atoms with Crippen molar-refractivity contribution >= 4 is 0 Å². The molecule has 0 N–H and O–H groups in total. The molecule has 1 aromatic rings. The predicted octanol–water partition coefficient (Wildman–Crippen LogP) is 4.21. The van der Waals surface area contributed by atoms with Gasteiger partial charge in [0.15, 0.2) is 6.19 Å². The monoisotopic (exact) mass is 268 g/mol. The Bertz CT molecular complexity index is 518. The van der Waals surface area contributed by atoms with E-state index in [2.05, 4.69) is 52.1 Å². The van der Waals surface area contributed by atoms with Crippen LogP contribution in [0.15, 0.2) is 42.0 Å². The quantitative estimate of drug-likeness (QED) is 0.454. The van der Waals surface area contributed by atoms with Crippen LogP contribution in [0.4, 0.5) is 0 Å². The molecule has 1 fully saturated rings. The van der Waals surface area contributed by atoms with Crippen molar-refractivity contribution in [2.24, 2.45) is 17.3 Å². The number of hydrogen-bond acceptors (Lipinski definition) is 2. The summed E-state index contributed by atoms with van der Waals surface area (Å²) in [5, 5.41) is 9.36. The molecule has 2 atom stereocenters. The van der Waals surface area contributed by atoms with Crippen molar-refractivity contribution in [3.63, 3.8) is 0 Å². The molecular weight excluding hydrogens is 244 g/mol. The zero-order valence-corrected chi connectivity index (χ0v) is 12.9. The van der Waals surface area contributed by atoms with Crippen LogP contribution in [0.3, 0.4) is 0 Å². The van der Waals surface area contributed by atoms with Crippen molar-refractivity contribution in [2.75, 3.05) is 6.54 Å². The fourth-order valence-corrected chi connectivity index (χ4v) is 3.01. The van der Waals surface area contributed by atoms with E-state index in [9.17, 15) is 5.26 Å². The summed E-state index contributed by atoms with van der Waals surface area (Å²) in [5.41, 5.74) is 2.90. The minimum absolute atomic E-state index is 0.322. The highest BCUT2D eigenvalue weighted by atomic mass is 15.1. The lowest BCUT2D eigenvalue weighted by atomic mass is 10.1. The zero-order valence-electron chi connectivity index (χ0n) is 12.9. The van der Waals surface area contributed by atoms with E-state index in [0.717, 1.165) is 6.54 Å². The standard InChI is InChI=1S/C18H24N2/c1-14(2)10-16-17(18(16,3)4)12-20(13-19)11-15-8-6-5-7-9-15/h5-10,16-17H,11-12H2,1-4H3/t16-,17+/m0/s1. The van der Waals surface area contributed by atoms with Gasteiger partial charge in [0, 0.05) is 6.54 Å². The van der Waals surface area contributed by atoms with Gasteiger partial charge in [-0.2, -0.15) is 5.26 Å². The van der Waals surface area contributed by atoms with Gasteiger partial charge in [0.05, 0.1) is 6.54 Å². The van der Waals surface area contributed by atoms with Crippen molar-refractivity contribution < 1.29 is 0 Å². The summed E-state index contributed by atoms with van der Waals surface area (Å²) >= 11 is 0. The lowest BCUT2D eigenvalue weighted by Gasteiger charge is -2.16. The summed E-state index contributed by atoms with van der Waals surface area (Å²) in [6.45, 7) is 10.5. The van der Waals surface area contributed by atoms with Gasteiger partial charge < -0.3 is 4.90 Å². The Morgan fingerprint density at radius 3 is 2.50 bits per heavy atom. The molecule has 0 amide bonds. The average molecular weight is 268 g/mol. The minimum Gasteiger partial charge on any atom is -0.306 e. The van der Waals surface area contributed by atoms with Gasteiger partial charge in [0.25, 0.3) is 0 Å². The van der Waals surface area contributed by atoms with E-state index in [4.69, 9.17) is 0 Å². The number of hydrogen-bond donors (Lipinski definition) is 0. The fourth-order valence-electron chi connectivity index (χ4n) is 3.01. The third-order valence-electron chi connectivity index (χ3n) is 4.43. The average Bonchev–Trinajstić information content (AvgIpc) is 2.90. The highest BCUT2D eigenvalue weighted by Crippen LogP contribution is 2.59. The maximum Gasteiger partial charge on any atom is 0.179 e. The van der Waals surface area contributed by atoms with Crippen LogP contribution in [0, 0.1) is 28.7 Å². The molecule has 0 spiro atoms. The predicted molar refractivity (Wildman–Crippen MR) is 82.7 cm³/mol. The maximum absolute atomic E-state index is 9.36. The number of nitriles is 1. The third-order valence-corrected chi connectivity index (χ3v) is 4.43. The van der Waals surface area contributed by atoms with Gasteiger partial charge in [-0.25, -0.2) is 0 Å². The molecular formula is C18H24N2. The molecule has 0 aromatic heterocycles. The van der Waals surface area contributed by atoms with Crippen LogP contribution in [0.25, 0.3) is 0 Å². The third kappa shape index (κ3) is 3.22. The first-order valence-corrected chi connectivity index (χ1v) is 7.28. The summed E-state index contributed by atoms with van der Waals surface area (Å²) in [6.07, 6.45) is 4.71. The Morgan fingerprint density at radius 2 is 1.95 bits per heavy atom. The first-order valence-electron chi connectivity index (χ1n) is 7.28. The van der Waals surface area contributed by atoms with Gasteiger partial charge in [0.1, 0.15) is 0 Å². The highest BCUT2D eigenvalue weighted by Gasteiger charge is 2.56. The summed E-state index contributed by atoms with van der Waals surface area (Å²) in [7, 11) is 0. The van der Waals surface area contributed by atoms with Gasteiger partial charge >= 0.3 is 0 Å². The van der Waals surface area contributed by atoms with Crippen molar-refractivity contribution in [2.45, 2.75) is 34.2 Å². The largest absolute Gasteiger partial charge is 0.306 e. The van der Waals surface area contributed by atoms with E-state index < -0.39 is 0 Å². The van der Waals surface area contributed by atoms with Crippen LogP contribution in [0.5, 0.6) is 0 Å². The molecule has 1 aliphatic carbocycles. The molecule has 2 rings (SSSR count). The second kappa shape index (κ2) is 5.71. The maximum atomic E-state index is 9.36. The summed E-state index contributed by atoms with van der Waals surface area (Å²) < 4.78 is 0. The second-order valence-corrected chi connectivity index (χ2v) is 6.66. The Kier molecular flexibility index (Phi) is 4.18. The van der Waals surface area contributed by atoms with Gasteiger partial charge in [-0.1, -0.05) is 55.8 Å². The number of benzene rings is 1. The van der Waals surface area contributed by atoms with E-state index in [1.165, 1.54) is 11.1 Å². The first-order chi connectivity index (χ1) is 9.45. The molecule has 0 bridgehead atoms. The summed E-state index contributed by atoms with van der Waals surface area (Å²) in [6, 6.07) is 10.2. The van der Waals surface area contributed by atoms with E-state index in [-0.39, 0.29) is 0 Å². The van der Waals surface area contributed by atoms with Crippen LogP contribution in [-0.4, -0.2) is 11.4 Å². The highest BCUT2D eigenvalue weighted by molar-refractivity contribution is 5.19. The molecule has 0 radical (unpaired) electrons. The van der Waals surface area contributed by atoms with Crippen LogP contribution >= 0.6 is 0 Å². The van der Waals surface area contributed by atoms with Crippen molar-refractivity contribution in [1.29, 1.82) is 5.26 Å². The van der Waals surface area contributed by atoms with Crippen LogP contribution in [0.2, 0.25) is 0 Å². The normalized spacial score (nSPS) is 22.8. The number of rotatable bonds is 5. The summed E-state index contributed by atoms with van der Waals surface area (Å²) in [4.78, 5) is 1.89. The van der Waals surface area contributed by atoms with Gasteiger partial charge in [-0.3, -0.25) is 0 Å². The number of nitrogens with zero attached hydrogens (tertiary/aromatic N) is 2. The van der Waals surface area contributed by atoms with E-state index in [1.54, 1.807) is 0 Å². The van der Waals surface area contributed by atoms with Crippen molar-refractivity contribution in [3.05, 3.63) is 47.5 Å². The molecule has 0 heterocycles. The molecule has 0 saturated heterocycles. The molecule has 1 aliphatic rings. The molecule has 1 saturated carbocycles. The van der Waals surface area contributed by atoms with Gasteiger partial charge in [-0.15, -0.1) is 0 Å². The van der Waals surface area contributed by atoms with Crippen LogP contribution in [0.1, 0.15) is 33.3 Å². The van der Waals surface area contributed by atoms with E-state index in [0.29, 0.717) is 23.8 Å². The summed E-state index contributed by atoms with van der Waals surface area (Å²) in [5.74, 6) is 1.19. The second-order valence-electron chi connectivity index (χ2n) is 6.66. The lowest BCUT2D eigenvalue weighted by molar-refractivity contribution is 0.343. The van der Waals surface area contributed by atoms with E-state index in [1.807, 2.05) is 23.1 Å². The Balaban J connectivity index is 1.98. The van der Waals surface area contributed by atoms with E-state index >= 15 is 0 Å². The van der Waals surface area contributed by atoms with Gasteiger partial charge in [-0.05, 0) is 36.7 Å². The molecule has 0 unspecified atom stereocenters. The lowest BCUT2D eigenvalue weighted by Crippen LogP contribution is -2.21. The Morgan fingerprint density at radius 1 is 1.30 bits per heavy atom. The first kappa shape index (κ1) is 14.7. The topological polar surface area (TPSA) is 27.0 Å². The van der Waals surface area contributed by atoms with Crippen molar-refractivity contribution in [1.82, 2.24) is 4.90 Å².